The molecule has 19 heavy (non-hydrogen) atoms. The van der Waals surface area contributed by atoms with Crippen LogP contribution in [0.4, 0.5) is 0 Å². The van der Waals surface area contributed by atoms with Gasteiger partial charge in [-0.05, 0) is 34.7 Å². The van der Waals surface area contributed by atoms with Gasteiger partial charge in [0, 0.05) is 11.4 Å². The van der Waals surface area contributed by atoms with Crippen LogP contribution in [0.15, 0.2) is 64.6 Å². The molecule has 3 heteroatoms. The van der Waals surface area contributed by atoms with Crippen molar-refractivity contribution in [3.63, 3.8) is 0 Å². The maximum absolute atomic E-state index is 5.29. The summed E-state index contributed by atoms with van der Waals surface area (Å²) in [4.78, 5) is 1.34. The largest absolute Gasteiger partial charge is 0.468 e. The molecule has 0 spiro atoms. The topological polar surface area (TPSA) is 25.2 Å². The Bertz CT molecular complexity index is 613. The smallest absolute Gasteiger partial charge is 0.117 e. The van der Waals surface area contributed by atoms with E-state index in [1.54, 1.807) is 17.6 Å². The summed E-state index contributed by atoms with van der Waals surface area (Å²) < 4.78 is 5.29. The number of hydrogen-bond donors (Lipinski definition) is 1. The summed E-state index contributed by atoms with van der Waals surface area (Å²) in [5, 5.41) is 5.59. The first-order chi connectivity index (χ1) is 9.42. The van der Waals surface area contributed by atoms with Crippen LogP contribution < -0.4 is 5.32 Å². The molecule has 0 amide bonds. The molecule has 0 aliphatic heterocycles. The highest BCUT2D eigenvalue weighted by Gasteiger charge is 2.02. The Hall–Kier alpha value is -1.84. The minimum Gasteiger partial charge on any atom is -0.468 e. The standard InChI is InChI=1S/C16H15NOS/c1-2-5-13(6-3-1)14-9-16(19-12-14)11-17-10-15-7-4-8-18-15/h1-9,12,17H,10-11H2. The molecular weight excluding hydrogens is 254 g/mol. The van der Waals surface area contributed by atoms with E-state index in [-0.39, 0.29) is 0 Å². The van der Waals surface area contributed by atoms with E-state index in [1.165, 1.54) is 16.0 Å². The minimum absolute atomic E-state index is 0.769. The lowest BCUT2D eigenvalue weighted by atomic mass is 10.1. The van der Waals surface area contributed by atoms with Crippen molar-refractivity contribution in [1.82, 2.24) is 5.32 Å². The number of benzene rings is 1. The second-order valence-corrected chi connectivity index (χ2v) is 5.35. The van der Waals surface area contributed by atoms with Crippen LogP contribution >= 0.6 is 11.3 Å². The Labute approximate surface area is 116 Å². The van der Waals surface area contributed by atoms with Crippen molar-refractivity contribution in [2.45, 2.75) is 13.1 Å². The predicted octanol–water partition coefficient (Wildman–Crippen LogP) is 4.30. The third-order valence-corrected chi connectivity index (χ3v) is 3.88. The predicted molar refractivity (Wildman–Crippen MR) is 79.0 cm³/mol. The summed E-state index contributed by atoms with van der Waals surface area (Å²) in [6.07, 6.45) is 1.70. The van der Waals surface area contributed by atoms with Crippen molar-refractivity contribution in [3.05, 3.63) is 70.8 Å². The van der Waals surface area contributed by atoms with E-state index in [0.717, 1.165) is 18.8 Å². The lowest BCUT2D eigenvalue weighted by molar-refractivity contribution is 0.484. The summed E-state index contributed by atoms with van der Waals surface area (Å²) >= 11 is 1.79. The molecule has 3 rings (SSSR count). The Morgan fingerprint density at radius 1 is 0.947 bits per heavy atom. The molecule has 0 unspecified atom stereocenters. The van der Waals surface area contributed by atoms with E-state index in [0.29, 0.717) is 0 Å². The summed E-state index contributed by atoms with van der Waals surface area (Å²) in [6, 6.07) is 16.6. The number of rotatable bonds is 5. The fourth-order valence-corrected chi connectivity index (χ4v) is 2.84. The highest BCUT2D eigenvalue weighted by Crippen LogP contribution is 2.25. The van der Waals surface area contributed by atoms with Gasteiger partial charge in [0.05, 0.1) is 12.8 Å². The van der Waals surface area contributed by atoms with Crippen LogP contribution in [0.1, 0.15) is 10.6 Å². The van der Waals surface area contributed by atoms with Crippen molar-refractivity contribution in [2.24, 2.45) is 0 Å². The molecule has 0 radical (unpaired) electrons. The zero-order valence-corrected chi connectivity index (χ0v) is 11.3. The van der Waals surface area contributed by atoms with Gasteiger partial charge in [0.25, 0.3) is 0 Å². The molecule has 96 valence electrons. The zero-order valence-electron chi connectivity index (χ0n) is 10.5. The fourth-order valence-electron chi connectivity index (χ4n) is 1.98. The molecular formula is C16H15NOS. The van der Waals surface area contributed by atoms with Crippen LogP contribution in [0.25, 0.3) is 11.1 Å². The van der Waals surface area contributed by atoms with Gasteiger partial charge < -0.3 is 9.73 Å². The summed E-state index contributed by atoms with van der Waals surface area (Å²) in [5.74, 6) is 0.972. The Morgan fingerprint density at radius 3 is 2.63 bits per heavy atom. The molecule has 0 aliphatic carbocycles. The Morgan fingerprint density at radius 2 is 1.84 bits per heavy atom. The Balaban J connectivity index is 1.59. The number of nitrogens with one attached hydrogen (secondary N) is 1. The molecule has 0 bridgehead atoms. The molecule has 2 heterocycles. The molecule has 0 fully saturated rings. The van der Waals surface area contributed by atoms with Gasteiger partial charge in [0.15, 0.2) is 0 Å². The van der Waals surface area contributed by atoms with Crippen LogP contribution in [0.2, 0.25) is 0 Å². The molecule has 1 aromatic carbocycles. The van der Waals surface area contributed by atoms with Gasteiger partial charge >= 0.3 is 0 Å². The average molecular weight is 269 g/mol. The van der Waals surface area contributed by atoms with Crippen molar-refractivity contribution in [2.75, 3.05) is 0 Å². The van der Waals surface area contributed by atoms with Crippen LogP contribution in [0.3, 0.4) is 0 Å². The lowest BCUT2D eigenvalue weighted by Gasteiger charge is -1.99. The highest BCUT2D eigenvalue weighted by molar-refractivity contribution is 7.10. The third kappa shape index (κ3) is 3.13. The van der Waals surface area contributed by atoms with Gasteiger partial charge in [0.1, 0.15) is 5.76 Å². The molecule has 2 nitrogen and oxygen atoms in total. The number of thiophene rings is 1. The van der Waals surface area contributed by atoms with Crippen LogP contribution in [-0.2, 0) is 13.1 Å². The van der Waals surface area contributed by atoms with Crippen molar-refractivity contribution in [1.29, 1.82) is 0 Å². The Kier molecular flexibility index (Phi) is 3.77. The van der Waals surface area contributed by atoms with Crippen molar-refractivity contribution >= 4 is 11.3 Å². The average Bonchev–Trinajstić information content (AvgIpc) is 3.11. The van der Waals surface area contributed by atoms with Gasteiger partial charge in [-0.1, -0.05) is 30.3 Å². The van der Waals surface area contributed by atoms with Crippen LogP contribution in [0.5, 0.6) is 0 Å². The molecule has 3 aromatic rings. The lowest BCUT2D eigenvalue weighted by Crippen LogP contribution is -2.10. The van der Waals surface area contributed by atoms with Gasteiger partial charge in [-0.25, -0.2) is 0 Å². The molecule has 0 saturated heterocycles. The molecule has 1 N–H and O–H groups in total. The molecule has 0 aliphatic rings. The van der Waals surface area contributed by atoms with E-state index in [4.69, 9.17) is 4.42 Å². The van der Waals surface area contributed by atoms with E-state index >= 15 is 0 Å². The van der Waals surface area contributed by atoms with E-state index in [1.807, 2.05) is 18.2 Å². The van der Waals surface area contributed by atoms with Gasteiger partial charge in [-0.15, -0.1) is 11.3 Å². The van der Waals surface area contributed by atoms with Crippen LogP contribution in [-0.4, -0.2) is 0 Å². The van der Waals surface area contributed by atoms with Crippen molar-refractivity contribution in [3.8, 4) is 11.1 Å². The summed E-state index contributed by atoms with van der Waals surface area (Å²) in [6.45, 7) is 1.64. The minimum atomic E-state index is 0.769. The number of furan rings is 1. The fraction of sp³-hybridized carbons (Fsp3) is 0.125. The second-order valence-electron chi connectivity index (χ2n) is 4.35. The van der Waals surface area contributed by atoms with Gasteiger partial charge in [-0.2, -0.15) is 0 Å². The van der Waals surface area contributed by atoms with E-state index in [2.05, 4.69) is 41.0 Å². The van der Waals surface area contributed by atoms with Gasteiger partial charge in [0.2, 0.25) is 0 Å². The number of hydrogen-bond acceptors (Lipinski definition) is 3. The van der Waals surface area contributed by atoms with E-state index in [9.17, 15) is 0 Å². The monoisotopic (exact) mass is 269 g/mol. The highest BCUT2D eigenvalue weighted by atomic mass is 32.1. The summed E-state index contributed by atoms with van der Waals surface area (Å²) in [5.41, 5.74) is 2.57. The maximum Gasteiger partial charge on any atom is 0.117 e. The SMILES string of the molecule is c1ccc(-c2csc(CNCc3ccco3)c2)cc1. The van der Waals surface area contributed by atoms with Gasteiger partial charge in [-0.3, -0.25) is 0 Å². The first kappa shape index (κ1) is 12.2. The third-order valence-electron chi connectivity index (χ3n) is 2.94. The first-order valence-corrected chi connectivity index (χ1v) is 7.16. The molecule has 0 saturated carbocycles. The summed E-state index contributed by atoms with van der Waals surface area (Å²) in [7, 11) is 0. The zero-order chi connectivity index (χ0) is 12.9. The second kappa shape index (κ2) is 5.87. The normalized spacial score (nSPS) is 10.7. The first-order valence-electron chi connectivity index (χ1n) is 6.28. The quantitative estimate of drug-likeness (QED) is 0.747. The maximum atomic E-state index is 5.29. The van der Waals surface area contributed by atoms with E-state index < -0.39 is 0 Å². The molecule has 0 atom stereocenters. The van der Waals surface area contributed by atoms with Crippen LogP contribution in [0, 0.1) is 0 Å². The molecule has 2 aromatic heterocycles. The van der Waals surface area contributed by atoms with Crippen molar-refractivity contribution < 1.29 is 4.42 Å².